The third-order valence-corrected chi connectivity index (χ3v) is 1.42. The molecule has 0 fully saturated rings. The van der Waals surface area contributed by atoms with E-state index in [9.17, 15) is 4.79 Å². The number of hydrogen-bond acceptors (Lipinski definition) is 4. The van der Waals surface area contributed by atoms with E-state index in [1.807, 2.05) is 6.92 Å². The third-order valence-electron chi connectivity index (χ3n) is 1.01. The van der Waals surface area contributed by atoms with E-state index in [-0.39, 0.29) is 5.17 Å². The minimum absolute atomic E-state index is 0.236. The maximum Gasteiger partial charge on any atom is 0.419 e. The highest BCUT2D eigenvalue weighted by molar-refractivity contribution is 8.09. The largest absolute Gasteiger partial charge is 0.419 e. The quantitative estimate of drug-likeness (QED) is 0.269. The van der Waals surface area contributed by atoms with Crippen LogP contribution >= 0.6 is 12.0 Å². The van der Waals surface area contributed by atoms with Crippen molar-refractivity contribution in [3.8, 4) is 0 Å². The first-order valence-corrected chi connectivity index (χ1v) is 4.37. The molecule has 4 N–H and O–H groups in total. The Bertz CT molecular complexity index is 163. The second kappa shape index (κ2) is 6.78. The lowest BCUT2D eigenvalue weighted by molar-refractivity contribution is 0.208. The van der Waals surface area contributed by atoms with Crippen molar-refractivity contribution in [2.24, 2.45) is 5.73 Å². The van der Waals surface area contributed by atoms with E-state index in [4.69, 9.17) is 11.1 Å². The number of nitrogens with one attached hydrogen (secondary N) is 2. The lowest BCUT2D eigenvalue weighted by atomic mass is 10.3. The summed E-state index contributed by atoms with van der Waals surface area (Å²) in [6, 6.07) is 0. The van der Waals surface area contributed by atoms with E-state index in [0.29, 0.717) is 18.6 Å². The van der Waals surface area contributed by atoms with Gasteiger partial charge >= 0.3 is 6.09 Å². The number of amides is 1. The Morgan fingerprint density at radius 3 is 2.92 bits per heavy atom. The van der Waals surface area contributed by atoms with E-state index in [1.54, 1.807) is 0 Å². The molecule has 0 heterocycles. The van der Waals surface area contributed by atoms with Gasteiger partial charge in [-0.2, -0.15) is 0 Å². The van der Waals surface area contributed by atoms with Crippen LogP contribution in [-0.4, -0.2) is 17.8 Å². The summed E-state index contributed by atoms with van der Waals surface area (Å²) in [4.78, 5) is 10.7. The summed E-state index contributed by atoms with van der Waals surface area (Å²) in [6.45, 7) is 2.62. The summed E-state index contributed by atoms with van der Waals surface area (Å²) in [6.07, 6.45) is 1.38. The van der Waals surface area contributed by atoms with E-state index >= 15 is 0 Å². The van der Waals surface area contributed by atoms with Gasteiger partial charge in [-0.1, -0.05) is 13.3 Å². The molecule has 0 spiro atoms. The zero-order valence-corrected chi connectivity index (χ0v) is 7.74. The highest BCUT2D eigenvalue weighted by Gasteiger charge is 2.01. The molecule has 70 valence electrons. The van der Waals surface area contributed by atoms with Crippen LogP contribution in [-0.2, 0) is 4.18 Å². The Morgan fingerprint density at radius 1 is 1.75 bits per heavy atom. The van der Waals surface area contributed by atoms with Crippen LogP contribution < -0.4 is 11.1 Å². The van der Waals surface area contributed by atoms with Crippen LogP contribution in [0.1, 0.15) is 19.8 Å². The second-order valence-corrected chi connectivity index (χ2v) is 2.87. The summed E-state index contributed by atoms with van der Waals surface area (Å²) >= 11 is 0.546. The molecular formula is C6H13N3O2S. The molecule has 0 aliphatic carbocycles. The molecule has 0 aliphatic rings. The fraction of sp³-hybridized carbons (Fsp3) is 0.667. The third kappa shape index (κ3) is 7.20. The van der Waals surface area contributed by atoms with Gasteiger partial charge in [0.1, 0.15) is 12.0 Å². The predicted octanol–water partition coefficient (Wildman–Crippen LogP) is 1.05. The highest BCUT2D eigenvalue weighted by Crippen LogP contribution is 1.99. The maximum atomic E-state index is 10.7. The van der Waals surface area contributed by atoms with Gasteiger partial charge in [0, 0.05) is 6.54 Å². The van der Waals surface area contributed by atoms with Crippen LogP contribution in [0.3, 0.4) is 0 Å². The number of nitrogens with two attached hydrogens (primary N) is 1. The molecule has 0 atom stereocenters. The maximum absolute atomic E-state index is 10.7. The zero-order valence-electron chi connectivity index (χ0n) is 6.92. The van der Waals surface area contributed by atoms with Gasteiger partial charge in [-0.05, 0) is 6.42 Å². The summed E-state index contributed by atoms with van der Waals surface area (Å²) in [5, 5.41) is 9.01. The molecule has 0 rings (SSSR count). The number of hydrogen-bond donors (Lipinski definition) is 3. The molecule has 6 heteroatoms. The molecule has 0 bridgehead atoms. The molecule has 0 aromatic rings. The Morgan fingerprint density at radius 2 is 2.42 bits per heavy atom. The van der Waals surface area contributed by atoms with Gasteiger partial charge < -0.3 is 15.2 Å². The average molecular weight is 191 g/mol. The van der Waals surface area contributed by atoms with Gasteiger partial charge in [0.2, 0.25) is 0 Å². The fourth-order valence-corrected chi connectivity index (χ4v) is 0.704. The average Bonchev–Trinajstić information content (AvgIpc) is 2.01. The number of carbonyl (C=O) groups is 1. The van der Waals surface area contributed by atoms with Gasteiger partial charge in [-0.25, -0.2) is 4.79 Å². The first kappa shape index (κ1) is 11.1. The van der Waals surface area contributed by atoms with Crippen molar-refractivity contribution in [2.45, 2.75) is 19.8 Å². The number of unbranched alkanes of at least 4 members (excludes halogenated alkanes) is 1. The van der Waals surface area contributed by atoms with Crippen LogP contribution in [0.15, 0.2) is 0 Å². The van der Waals surface area contributed by atoms with Crippen molar-refractivity contribution < 1.29 is 8.98 Å². The normalized spacial score (nSPS) is 9.08. The Balaban J connectivity index is 3.28. The number of carbonyl (C=O) groups excluding carboxylic acids is 1. The van der Waals surface area contributed by atoms with Crippen molar-refractivity contribution >= 4 is 23.3 Å². The van der Waals surface area contributed by atoms with Gasteiger partial charge in [0.05, 0.1) is 0 Å². The Hall–Kier alpha value is -0.910. The fourth-order valence-electron chi connectivity index (χ4n) is 0.479. The van der Waals surface area contributed by atoms with Gasteiger partial charge in [0.15, 0.2) is 5.17 Å². The van der Waals surface area contributed by atoms with E-state index in [0.717, 1.165) is 12.8 Å². The molecule has 0 radical (unpaired) electrons. The number of amidine groups is 1. The van der Waals surface area contributed by atoms with Crippen LogP contribution in [0, 0.1) is 5.41 Å². The summed E-state index contributed by atoms with van der Waals surface area (Å²) in [5.41, 5.74) is 4.94. The molecule has 0 aromatic heterocycles. The Labute approximate surface area is 75.7 Å². The van der Waals surface area contributed by atoms with Gasteiger partial charge in [-0.15, -0.1) is 0 Å². The molecule has 0 saturated carbocycles. The molecule has 12 heavy (non-hydrogen) atoms. The first-order valence-electron chi connectivity index (χ1n) is 3.63. The van der Waals surface area contributed by atoms with E-state index < -0.39 is 6.09 Å². The molecule has 5 nitrogen and oxygen atoms in total. The van der Waals surface area contributed by atoms with Crippen LogP contribution in [0.4, 0.5) is 4.79 Å². The van der Waals surface area contributed by atoms with E-state index in [1.165, 1.54) is 0 Å². The molecule has 0 aromatic carbocycles. The summed E-state index contributed by atoms with van der Waals surface area (Å²) in [7, 11) is 0. The zero-order chi connectivity index (χ0) is 9.40. The second-order valence-electron chi connectivity index (χ2n) is 2.10. The van der Waals surface area contributed by atoms with Gasteiger partial charge in [-0.3, -0.25) is 5.41 Å². The minimum Gasteiger partial charge on any atom is -0.376 e. The molecule has 0 unspecified atom stereocenters. The Kier molecular flexibility index (Phi) is 6.26. The van der Waals surface area contributed by atoms with Crippen molar-refractivity contribution in [3.63, 3.8) is 0 Å². The van der Waals surface area contributed by atoms with Crippen LogP contribution in [0.5, 0.6) is 0 Å². The minimum atomic E-state index is -0.552. The lowest BCUT2D eigenvalue weighted by Crippen LogP contribution is -2.24. The van der Waals surface area contributed by atoms with E-state index in [2.05, 4.69) is 9.50 Å². The van der Waals surface area contributed by atoms with Crippen molar-refractivity contribution in [1.29, 1.82) is 5.41 Å². The first-order chi connectivity index (χ1) is 5.66. The van der Waals surface area contributed by atoms with Crippen molar-refractivity contribution in [2.75, 3.05) is 6.54 Å². The number of rotatable bonds is 3. The smallest absolute Gasteiger partial charge is 0.376 e. The topological polar surface area (TPSA) is 88.2 Å². The monoisotopic (exact) mass is 191 g/mol. The van der Waals surface area contributed by atoms with Crippen LogP contribution in [0.2, 0.25) is 0 Å². The molecular weight excluding hydrogens is 178 g/mol. The van der Waals surface area contributed by atoms with Gasteiger partial charge in [0.25, 0.3) is 0 Å². The predicted molar refractivity (Wildman–Crippen MR) is 48.9 cm³/mol. The van der Waals surface area contributed by atoms with Crippen LogP contribution in [0.25, 0.3) is 0 Å². The standard InChI is InChI=1S/C6H13N3O2S/c1-2-3-4-9-6(10)11-12-5(7)8/h2-4H2,1H3,(H3,7,8)(H,9,10). The van der Waals surface area contributed by atoms with Crippen molar-refractivity contribution in [1.82, 2.24) is 5.32 Å². The highest BCUT2D eigenvalue weighted by atomic mass is 32.2. The summed E-state index contributed by atoms with van der Waals surface area (Å²) in [5.74, 6) is 0. The summed E-state index contributed by atoms with van der Waals surface area (Å²) < 4.78 is 4.47. The SMILES string of the molecule is CCCCNC(=O)OSC(=N)N. The molecule has 1 amide bonds. The molecule has 0 saturated heterocycles. The lowest BCUT2D eigenvalue weighted by Gasteiger charge is -2.02. The molecule has 0 aliphatic heterocycles. The van der Waals surface area contributed by atoms with Crippen molar-refractivity contribution in [3.05, 3.63) is 0 Å².